The number of hydrogen-bond acceptors (Lipinski definition) is 6. The first kappa shape index (κ1) is 28.0. The number of aliphatic carboxylic acids is 4. The van der Waals surface area contributed by atoms with Gasteiger partial charge in [0.15, 0.2) is 5.60 Å². The van der Waals surface area contributed by atoms with E-state index in [4.69, 9.17) is 35.4 Å². The Hall–Kier alpha value is -0.200. The summed E-state index contributed by atoms with van der Waals surface area (Å²) in [6.45, 7) is -0.778. The third-order valence-corrected chi connectivity index (χ3v) is 1.42. The summed E-state index contributed by atoms with van der Waals surface area (Å²) in [6, 6.07) is 0. The van der Waals surface area contributed by atoms with E-state index < -0.39 is 48.9 Å². The Balaban J connectivity index is -0.0000000627. The van der Waals surface area contributed by atoms with Crippen LogP contribution in [0.4, 0.5) is 0 Å². The molecule has 6 N–H and O–H groups in total. The van der Waals surface area contributed by atoms with E-state index in [2.05, 4.69) is 0 Å². The molecule has 20 heavy (non-hydrogen) atoms. The monoisotopic (exact) mass is 316 g/mol. The fourth-order valence-electron chi connectivity index (χ4n) is 0.714. The van der Waals surface area contributed by atoms with Gasteiger partial charge < -0.3 is 33.5 Å². The van der Waals surface area contributed by atoms with Gasteiger partial charge in [-0.25, -0.2) is 9.59 Å². The molecule has 0 rings (SSSR count). The zero-order valence-electron chi connectivity index (χ0n) is 12.9. The second kappa shape index (κ2) is 13.8. The minimum Gasteiger partial charge on any atom is -1.00 e. The Labute approximate surface area is 160 Å². The first-order valence-corrected chi connectivity index (χ1v) is 4.27. The van der Waals surface area contributed by atoms with Crippen molar-refractivity contribution in [3.63, 3.8) is 0 Å². The average Bonchev–Trinajstić information content (AvgIpc) is 2.15. The third-order valence-electron chi connectivity index (χ3n) is 1.42. The summed E-state index contributed by atoms with van der Waals surface area (Å²) in [4.78, 5) is 39.6. The van der Waals surface area contributed by atoms with E-state index in [-0.39, 0.29) is 62.0 Å². The molecule has 0 atom stereocenters. The van der Waals surface area contributed by atoms with Crippen LogP contribution in [0, 0.1) is 0 Å². The molecular formula is C8H14Na2O10. The van der Waals surface area contributed by atoms with Crippen molar-refractivity contribution in [2.45, 2.75) is 18.4 Å². The molecule has 108 valence electrons. The van der Waals surface area contributed by atoms with Gasteiger partial charge in [-0.2, -0.15) is 0 Å². The zero-order valence-corrected chi connectivity index (χ0v) is 14.9. The molecule has 0 aromatic carbocycles. The molecule has 0 unspecified atom stereocenters. The van der Waals surface area contributed by atoms with Gasteiger partial charge in [0.25, 0.3) is 0 Å². The van der Waals surface area contributed by atoms with E-state index >= 15 is 0 Å². The van der Waals surface area contributed by atoms with Crippen molar-refractivity contribution >= 4 is 23.9 Å². The van der Waals surface area contributed by atoms with Crippen LogP contribution in [0.25, 0.3) is 0 Å². The SMILES string of the molecule is O=C(O)CC(O)(CC(=O)O)C(=O)O.O=C(O)CO.[H-].[H-].[Na+].[Na+]. The van der Waals surface area contributed by atoms with E-state index in [9.17, 15) is 14.4 Å². The molecular weight excluding hydrogens is 302 g/mol. The van der Waals surface area contributed by atoms with Crippen LogP contribution in [0.2, 0.25) is 0 Å². The molecule has 0 aliphatic carbocycles. The van der Waals surface area contributed by atoms with Crippen molar-refractivity contribution in [3.8, 4) is 0 Å². The summed E-state index contributed by atoms with van der Waals surface area (Å²) >= 11 is 0. The Bertz CT molecular complexity index is 336. The summed E-state index contributed by atoms with van der Waals surface area (Å²) < 4.78 is 0. The van der Waals surface area contributed by atoms with Gasteiger partial charge in [0.2, 0.25) is 0 Å². The van der Waals surface area contributed by atoms with Crippen LogP contribution in [0.15, 0.2) is 0 Å². The molecule has 0 aromatic heterocycles. The van der Waals surface area contributed by atoms with Crippen molar-refractivity contribution in [1.82, 2.24) is 0 Å². The maximum atomic E-state index is 10.3. The van der Waals surface area contributed by atoms with E-state index in [1.165, 1.54) is 0 Å². The molecule has 0 aromatic rings. The van der Waals surface area contributed by atoms with Crippen molar-refractivity contribution in [3.05, 3.63) is 0 Å². The van der Waals surface area contributed by atoms with Gasteiger partial charge in [-0.15, -0.1) is 0 Å². The Morgan fingerprint density at radius 3 is 1.15 bits per heavy atom. The molecule has 12 heteroatoms. The van der Waals surface area contributed by atoms with Crippen LogP contribution in [0.5, 0.6) is 0 Å². The minimum atomic E-state index is -2.74. The van der Waals surface area contributed by atoms with Crippen molar-refractivity contribution in [2.75, 3.05) is 6.61 Å². The van der Waals surface area contributed by atoms with Crippen LogP contribution < -0.4 is 59.1 Å². The molecule has 0 aliphatic heterocycles. The van der Waals surface area contributed by atoms with Gasteiger partial charge in [-0.05, 0) is 0 Å². The molecule has 0 saturated heterocycles. The van der Waals surface area contributed by atoms with E-state index in [0.717, 1.165) is 0 Å². The van der Waals surface area contributed by atoms with Gasteiger partial charge in [0.1, 0.15) is 6.61 Å². The van der Waals surface area contributed by atoms with Crippen molar-refractivity contribution in [1.29, 1.82) is 0 Å². The molecule has 0 spiro atoms. The smallest absolute Gasteiger partial charge is 1.00 e. The molecule has 10 nitrogen and oxygen atoms in total. The van der Waals surface area contributed by atoms with Crippen molar-refractivity contribution in [2.24, 2.45) is 0 Å². The molecule has 0 heterocycles. The Kier molecular flexibility index (Phi) is 19.3. The summed E-state index contributed by atoms with van der Waals surface area (Å²) in [5, 5.41) is 48.8. The van der Waals surface area contributed by atoms with E-state index in [1.54, 1.807) is 0 Å². The standard InChI is InChI=1S/C6H8O7.C2H4O3.2Na.2H/c7-3(8)1-6(13,5(11)12)2-4(9)10;3-1-2(4)5;;;;/h13H,1-2H2,(H,7,8)(H,9,10)(H,11,12);3H,1H2,(H,4,5);;;;/q;;2*+1;2*-1. The van der Waals surface area contributed by atoms with E-state index in [1.807, 2.05) is 0 Å². The fraction of sp³-hybridized carbons (Fsp3) is 0.500. The molecule has 0 saturated carbocycles. The molecule has 0 aliphatic rings. The minimum absolute atomic E-state index is 0. The normalized spacial score (nSPS) is 8.90. The number of aliphatic hydroxyl groups is 2. The third kappa shape index (κ3) is 15.9. The van der Waals surface area contributed by atoms with Gasteiger partial charge in [0, 0.05) is 0 Å². The van der Waals surface area contributed by atoms with Gasteiger partial charge >= 0.3 is 83.0 Å². The second-order valence-electron chi connectivity index (χ2n) is 3.03. The Morgan fingerprint density at radius 1 is 0.800 bits per heavy atom. The maximum Gasteiger partial charge on any atom is 1.00 e. The summed E-state index contributed by atoms with van der Waals surface area (Å²) in [6.07, 6.45) is -2.29. The predicted molar refractivity (Wildman–Crippen MR) is 54.0 cm³/mol. The van der Waals surface area contributed by atoms with Gasteiger partial charge in [-0.1, -0.05) is 0 Å². The van der Waals surface area contributed by atoms with Gasteiger partial charge in [-0.3, -0.25) is 9.59 Å². The largest absolute Gasteiger partial charge is 1.00 e. The molecule has 0 radical (unpaired) electrons. The number of aliphatic hydroxyl groups excluding tert-OH is 1. The maximum absolute atomic E-state index is 10.3. The number of hydrogen-bond donors (Lipinski definition) is 6. The number of carboxylic acids is 4. The van der Waals surface area contributed by atoms with Crippen molar-refractivity contribution < 1.29 is 112 Å². The average molecular weight is 316 g/mol. The van der Waals surface area contributed by atoms with Crippen LogP contribution in [0.3, 0.4) is 0 Å². The number of rotatable bonds is 6. The fourth-order valence-corrected chi connectivity index (χ4v) is 0.714. The van der Waals surface area contributed by atoms with Crippen LogP contribution in [-0.2, 0) is 19.2 Å². The molecule has 0 amide bonds. The molecule has 0 fully saturated rings. The summed E-state index contributed by atoms with van der Waals surface area (Å²) in [5.74, 6) is -6.21. The number of carboxylic acid groups (broad SMARTS) is 4. The first-order valence-electron chi connectivity index (χ1n) is 4.27. The van der Waals surface area contributed by atoms with E-state index in [0.29, 0.717) is 0 Å². The topological polar surface area (TPSA) is 190 Å². The zero-order chi connectivity index (χ0) is 14.9. The summed E-state index contributed by atoms with van der Waals surface area (Å²) in [5.41, 5.74) is -2.74. The van der Waals surface area contributed by atoms with Gasteiger partial charge in [0.05, 0.1) is 12.8 Å². The van der Waals surface area contributed by atoms with Crippen LogP contribution in [-0.4, -0.2) is 66.7 Å². The predicted octanol–water partition coefficient (Wildman–Crippen LogP) is -7.95. The second-order valence-corrected chi connectivity index (χ2v) is 3.03. The summed E-state index contributed by atoms with van der Waals surface area (Å²) in [7, 11) is 0. The number of carbonyl (C=O) groups is 4. The molecule has 0 bridgehead atoms. The van der Waals surface area contributed by atoms with Crippen LogP contribution in [0.1, 0.15) is 15.7 Å². The Morgan fingerprint density at radius 2 is 1.05 bits per heavy atom. The van der Waals surface area contributed by atoms with Crippen LogP contribution >= 0.6 is 0 Å². The quantitative estimate of drug-likeness (QED) is 0.257. The first-order chi connectivity index (χ1) is 8.05.